The van der Waals surface area contributed by atoms with Gasteiger partial charge in [-0.15, -0.1) is 0 Å². The van der Waals surface area contributed by atoms with Gasteiger partial charge in [0.15, 0.2) is 0 Å². The summed E-state index contributed by atoms with van der Waals surface area (Å²) in [6, 6.07) is 1.16. The number of carbonyl (C=O) groups is 2. The maximum absolute atomic E-state index is 10.8. The molecule has 0 radical (unpaired) electrons. The molecule has 0 fully saturated rings. The number of rotatable bonds is 6. The van der Waals surface area contributed by atoms with Crippen molar-refractivity contribution >= 4 is 17.7 Å². The van der Waals surface area contributed by atoms with E-state index in [2.05, 4.69) is 10.3 Å². The molecule has 0 aliphatic carbocycles. The highest BCUT2D eigenvalue weighted by Crippen LogP contribution is 2.24. The van der Waals surface area contributed by atoms with E-state index in [1.165, 1.54) is 6.92 Å². The number of pyridine rings is 1. The molecule has 8 heteroatoms. The molecule has 8 nitrogen and oxygen atoms in total. The quantitative estimate of drug-likeness (QED) is 0.463. The molecule has 0 aromatic carbocycles. The molecular formula is C12H17N3O5. The van der Waals surface area contributed by atoms with Crippen molar-refractivity contribution in [2.45, 2.75) is 25.6 Å². The van der Waals surface area contributed by atoms with Crippen LogP contribution < -0.4 is 11.1 Å². The summed E-state index contributed by atoms with van der Waals surface area (Å²) in [6.07, 6.45) is -1.42. The maximum Gasteiger partial charge on any atom is 0.337 e. The first-order valence-corrected chi connectivity index (χ1v) is 5.92. The van der Waals surface area contributed by atoms with Gasteiger partial charge in [-0.2, -0.15) is 0 Å². The standard InChI is InChI=1S/C12H17N3O5/c1-6(16)14-3-2-9(17)10(18)8-4-7(12(19)20)5-15-11(8)13/h4-5,9-10,17-18H,2-3H2,1H3,(H2,13,15)(H,14,16)(H,19,20). The van der Waals surface area contributed by atoms with E-state index >= 15 is 0 Å². The van der Waals surface area contributed by atoms with Crippen molar-refractivity contribution in [2.24, 2.45) is 0 Å². The lowest BCUT2D eigenvalue weighted by Crippen LogP contribution is -2.28. The summed E-state index contributed by atoms with van der Waals surface area (Å²) in [5.41, 5.74) is 5.47. The molecule has 1 aromatic rings. The fraction of sp³-hybridized carbons (Fsp3) is 0.417. The van der Waals surface area contributed by atoms with E-state index in [1.54, 1.807) is 0 Å². The molecule has 0 spiro atoms. The molecule has 0 saturated heterocycles. The second-order valence-electron chi connectivity index (χ2n) is 4.29. The lowest BCUT2D eigenvalue weighted by atomic mass is 10.0. The molecule has 2 atom stereocenters. The number of carboxylic acid groups (broad SMARTS) is 1. The third-order valence-electron chi connectivity index (χ3n) is 2.69. The third-order valence-corrected chi connectivity index (χ3v) is 2.69. The predicted molar refractivity (Wildman–Crippen MR) is 69.9 cm³/mol. The lowest BCUT2D eigenvalue weighted by molar-refractivity contribution is -0.119. The molecule has 1 amide bonds. The van der Waals surface area contributed by atoms with Crippen LogP contribution in [-0.2, 0) is 4.79 Å². The molecule has 0 aliphatic rings. The van der Waals surface area contributed by atoms with E-state index < -0.39 is 18.2 Å². The number of carboxylic acids is 1. The highest BCUT2D eigenvalue weighted by Gasteiger charge is 2.22. The van der Waals surface area contributed by atoms with Crippen molar-refractivity contribution in [1.82, 2.24) is 10.3 Å². The number of anilines is 1. The minimum atomic E-state index is -1.38. The van der Waals surface area contributed by atoms with E-state index in [0.29, 0.717) is 0 Å². The van der Waals surface area contributed by atoms with Crippen LogP contribution in [0, 0.1) is 0 Å². The Hall–Kier alpha value is -2.19. The molecule has 110 valence electrons. The minimum Gasteiger partial charge on any atom is -0.478 e. The number of aliphatic hydroxyl groups is 2. The van der Waals surface area contributed by atoms with Crippen molar-refractivity contribution in [1.29, 1.82) is 0 Å². The Morgan fingerprint density at radius 1 is 1.45 bits per heavy atom. The number of carbonyl (C=O) groups excluding carboxylic acids is 1. The SMILES string of the molecule is CC(=O)NCCC(O)C(O)c1cc(C(=O)O)cnc1N. The summed E-state index contributed by atoms with van der Waals surface area (Å²) in [7, 11) is 0. The Kier molecular flexibility index (Phi) is 5.42. The smallest absolute Gasteiger partial charge is 0.337 e. The molecule has 2 unspecified atom stereocenters. The highest BCUT2D eigenvalue weighted by atomic mass is 16.4. The molecule has 1 heterocycles. The van der Waals surface area contributed by atoms with Gasteiger partial charge in [0.25, 0.3) is 0 Å². The molecule has 20 heavy (non-hydrogen) atoms. The summed E-state index contributed by atoms with van der Waals surface area (Å²) < 4.78 is 0. The summed E-state index contributed by atoms with van der Waals surface area (Å²) >= 11 is 0. The van der Waals surface area contributed by atoms with Gasteiger partial charge in [0.05, 0.1) is 11.7 Å². The zero-order valence-electron chi connectivity index (χ0n) is 10.9. The van der Waals surface area contributed by atoms with Crippen LogP contribution in [0.5, 0.6) is 0 Å². The number of hydrogen-bond acceptors (Lipinski definition) is 6. The number of nitrogens with zero attached hydrogens (tertiary/aromatic N) is 1. The number of nitrogen functional groups attached to an aromatic ring is 1. The molecule has 1 rings (SSSR count). The summed E-state index contributed by atoms with van der Waals surface area (Å²) in [4.78, 5) is 25.2. The number of nitrogens with two attached hydrogens (primary N) is 1. The topological polar surface area (TPSA) is 146 Å². The fourth-order valence-corrected chi connectivity index (χ4v) is 1.61. The molecule has 0 saturated carbocycles. The molecule has 1 aromatic heterocycles. The Balaban J connectivity index is 2.79. The van der Waals surface area contributed by atoms with Gasteiger partial charge in [-0.05, 0) is 12.5 Å². The first-order chi connectivity index (χ1) is 9.32. The largest absolute Gasteiger partial charge is 0.478 e. The number of amides is 1. The number of nitrogens with one attached hydrogen (secondary N) is 1. The molecule has 0 bridgehead atoms. The summed E-state index contributed by atoms with van der Waals surface area (Å²) in [6.45, 7) is 1.51. The van der Waals surface area contributed by atoms with Gasteiger partial charge in [-0.3, -0.25) is 4.79 Å². The molecular weight excluding hydrogens is 266 g/mol. The average molecular weight is 283 g/mol. The second-order valence-corrected chi connectivity index (χ2v) is 4.29. The number of aromatic nitrogens is 1. The minimum absolute atomic E-state index is 0.0419. The first kappa shape index (κ1) is 15.9. The third kappa shape index (κ3) is 4.18. The predicted octanol–water partition coefficient (Wildman–Crippen LogP) is -0.718. The van der Waals surface area contributed by atoms with Crippen molar-refractivity contribution in [2.75, 3.05) is 12.3 Å². The molecule has 0 aliphatic heterocycles. The van der Waals surface area contributed by atoms with Crippen LogP contribution in [0.2, 0.25) is 0 Å². The van der Waals surface area contributed by atoms with Crippen LogP contribution >= 0.6 is 0 Å². The average Bonchev–Trinajstić information content (AvgIpc) is 2.37. The fourth-order valence-electron chi connectivity index (χ4n) is 1.61. The Labute approximate surface area is 115 Å². The second kappa shape index (κ2) is 6.83. The van der Waals surface area contributed by atoms with Crippen LogP contribution in [0.15, 0.2) is 12.3 Å². The van der Waals surface area contributed by atoms with Gasteiger partial charge in [0.2, 0.25) is 5.91 Å². The number of hydrogen-bond donors (Lipinski definition) is 5. The van der Waals surface area contributed by atoms with Gasteiger partial charge >= 0.3 is 5.97 Å². The number of aliphatic hydroxyl groups excluding tert-OH is 2. The number of aromatic carboxylic acids is 1. The van der Waals surface area contributed by atoms with Gasteiger partial charge in [-0.1, -0.05) is 0 Å². The van der Waals surface area contributed by atoms with Crippen LogP contribution in [-0.4, -0.2) is 44.8 Å². The van der Waals surface area contributed by atoms with Crippen molar-refractivity contribution in [3.63, 3.8) is 0 Å². The van der Waals surface area contributed by atoms with Crippen LogP contribution in [0.4, 0.5) is 5.82 Å². The van der Waals surface area contributed by atoms with Crippen molar-refractivity contribution < 1.29 is 24.9 Å². The van der Waals surface area contributed by atoms with Crippen molar-refractivity contribution in [3.05, 3.63) is 23.4 Å². The zero-order valence-corrected chi connectivity index (χ0v) is 10.9. The van der Waals surface area contributed by atoms with E-state index in [0.717, 1.165) is 12.3 Å². The Bertz CT molecular complexity index is 506. The van der Waals surface area contributed by atoms with Crippen LogP contribution in [0.3, 0.4) is 0 Å². The normalized spacial score (nSPS) is 13.6. The van der Waals surface area contributed by atoms with E-state index in [-0.39, 0.29) is 35.8 Å². The van der Waals surface area contributed by atoms with E-state index in [4.69, 9.17) is 10.8 Å². The summed E-state index contributed by atoms with van der Waals surface area (Å²) in [5.74, 6) is -1.51. The van der Waals surface area contributed by atoms with Crippen molar-refractivity contribution in [3.8, 4) is 0 Å². The van der Waals surface area contributed by atoms with Gasteiger partial charge < -0.3 is 26.4 Å². The Morgan fingerprint density at radius 3 is 2.65 bits per heavy atom. The van der Waals surface area contributed by atoms with E-state index in [9.17, 15) is 19.8 Å². The van der Waals surface area contributed by atoms with Gasteiger partial charge in [0, 0.05) is 25.2 Å². The van der Waals surface area contributed by atoms with E-state index in [1.807, 2.05) is 0 Å². The Morgan fingerprint density at radius 2 is 2.10 bits per heavy atom. The highest BCUT2D eigenvalue weighted by molar-refractivity contribution is 5.87. The monoisotopic (exact) mass is 283 g/mol. The van der Waals surface area contributed by atoms with Crippen LogP contribution in [0.25, 0.3) is 0 Å². The first-order valence-electron chi connectivity index (χ1n) is 5.92. The molecule has 6 N–H and O–H groups in total. The van der Waals surface area contributed by atoms with Gasteiger partial charge in [0.1, 0.15) is 11.9 Å². The zero-order chi connectivity index (χ0) is 15.3. The van der Waals surface area contributed by atoms with Gasteiger partial charge in [-0.25, -0.2) is 9.78 Å². The lowest BCUT2D eigenvalue weighted by Gasteiger charge is -2.19. The summed E-state index contributed by atoms with van der Waals surface area (Å²) in [5, 5.41) is 31.1. The van der Waals surface area contributed by atoms with Crippen LogP contribution in [0.1, 0.15) is 35.4 Å². The maximum atomic E-state index is 10.8.